The van der Waals surface area contributed by atoms with E-state index in [0.29, 0.717) is 12.5 Å². The molecule has 1 fully saturated rings. The molecule has 1 amide bonds. The van der Waals surface area contributed by atoms with Crippen LogP contribution in [0.15, 0.2) is 22.8 Å². The summed E-state index contributed by atoms with van der Waals surface area (Å²) in [6.07, 6.45) is 5.05. The van der Waals surface area contributed by atoms with Gasteiger partial charge in [0.15, 0.2) is 0 Å². The van der Waals surface area contributed by atoms with E-state index in [1.54, 1.807) is 6.26 Å². The Bertz CT molecular complexity index is 403. The van der Waals surface area contributed by atoms with E-state index in [4.69, 9.17) is 10.2 Å². The van der Waals surface area contributed by atoms with Crippen LogP contribution in [0, 0.1) is 5.92 Å². The molecule has 3 N–H and O–H groups in total. The molecule has 2 rings (SSSR count). The molecule has 0 saturated carbocycles. The summed E-state index contributed by atoms with van der Waals surface area (Å²) in [5, 5.41) is 2.93. The number of nitrogens with zero attached hydrogens (tertiary/aromatic N) is 1. The third kappa shape index (κ3) is 4.08. The van der Waals surface area contributed by atoms with E-state index >= 15 is 0 Å². The average Bonchev–Trinajstić information content (AvgIpc) is 2.98. The van der Waals surface area contributed by atoms with Crippen molar-refractivity contribution < 1.29 is 9.21 Å². The van der Waals surface area contributed by atoms with Crippen LogP contribution in [0.5, 0.6) is 0 Å². The number of nitrogens with two attached hydrogens (primary N) is 1. The van der Waals surface area contributed by atoms with Crippen LogP contribution >= 0.6 is 0 Å². The summed E-state index contributed by atoms with van der Waals surface area (Å²) in [6, 6.07) is 3.60. The van der Waals surface area contributed by atoms with Crippen molar-refractivity contribution in [3.8, 4) is 0 Å². The molecule has 112 valence electrons. The first-order chi connectivity index (χ1) is 9.70. The number of nitrogens with one attached hydrogen (secondary N) is 1. The first kappa shape index (κ1) is 15.1. The second-order valence-corrected chi connectivity index (χ2v) is 5.55. The van der Waals surface area contributed by atoms with Gasteiger partial charge in [-0.2, -0.15) is 0 Å². The fourth-order valence-electron chi connectivity index (χ4n) is 2.82. The van der Waals surface area contributed by atoms with Crippen molar-refractivity contribution in [2.45, 2.75) is 38.8 Å². The average molecular weight is 279 g/mol. The number of hydrogen-bond donors (Lipinski definition) is 2. The maximum atomic E-state index is 12.2. The highest BCUT2D eigenvalue weighted by molar-refractivity contribution is 5.81. The highest BCUT2D eigenvalue weighted by Crippen LogP contribution is 2.20. The fourth-order valence-corrected chi connectivity index (χ4v) is 2.82. The second kappa shape index (κ2) is 7.45. The molecule has 1 saturated heterocycles. The lowest BCUT2D eigenvalue weighted by Gasteiger charge is -2.36. The lowest BCUT2D eigenvalue weighted by Crippen LogP contribution is -2.49. The zero-order chi connectivity index (χ0) is 14.4. The Hall–Kier alpha value is -1.33. The molecular weight excluding hydrogens is 254 g/mol. The molecule has 1 aromatic rings. The molecular formula is C15H25N3O2. The van der Waals surface area contributed by atoms with Crippen LogP contribution in [0.4, 0.5) is 0 Å². The van der Waals surface area contributed by atoms with Gasteiger partial charge in [-0.3, -0.25) is 9.69 Å². The van der Waals surface area contributed by atoms with Crippen molar-refractivity contribution in [2.75, 3.05) is 19.6 Å². The number of rotatable bonds is 6. The SMILES string of the molecule is CC(C(=O)NCc1ccco1)N1CCCC(CCN)C1. The summed E-state index contributed by atoms with van der Waals surface area (Å²) < 4.78 is 5.22. The Balaban J connectivity index is 1.80. The predicted molar refractivity (Wildman–Crippen MR) is 78.0 cm³/mol. The van der Waals surface area contributed by atoms with Gasteiger partial charge in [0, 0.05) is 6.54 Å². The molecule has 5 nitrogen and oxygen atoms in total. The number of hydrogen-bond acceptors (Lipinski definition) is 4. The van der Waals surface area contributed by atoms with E-state index in [-0.39, 0.29) is 11.9 Å². The Morgan fingerprint density at radius 2 is 2.50 bits per heavy atom. The van der Waals surface area contributed by atoms with Crippen molar-refractivity contribution in [2.24, 2.45) is 11.7 Å². The predicted octanol–water partition coefficient (Wildman–Crippen LogP) is 1.35. The highest BCUT2D eigenvalue weighted by atomic mass is 16.3. The van der Waals surface area contributed by atoms with Gasteiger partial charge >= 0.3 is 0 Å². The zero-order valence-corrected chi connectivity index (χ0v) is 12.2. The molecule has 5 heteroatoms. The smallest absolute Gasteiger partial charge is 0.237 e. The minimum atomic E-state index is -0.0921. The standard InChI is InChI=1S/C15H25N3O2/c1-12(15(19)17-10-14-5-3-9-20-14)18-8-2-4-13(11-18)6-7-16/h3,5,9,12-13H,2,4,6-8,10-11,16H2,1H3,(H,17,19). The Kier molecular flexibility index (Phi) is 5.61. The van der Waals surface area contributed by atoms with Crippen LogP contribution in [0.3, 0.4) is 0 Å². The monoisotopic (exact) mass is 279 g/mol. The second-order valence-electron chi connectivity index (χ2n) is 5.55. The van der Waals surface area contributed by atoms with Crippen LogP contribution < -0.4 is 11.1 Å². The third-order valence-corrected chi connectivity index (χ3v) is 4.07. The molecule has 0 bridgehead atoms. The quantitative estimate of drug-likeness (QED) is 0.824. The van der Waals surface area contributed by atoms with Crippen molar-refractivity contribution in [1.82, 2.24) is 10.2 Å². The van der Waals surface area contributed by atoms with Crippen LogP contribution in [-0.4, -0.2) is 36.5 Å². The van der Waals surface area contributed by atoms with Gasteiger partial charge in [0.2, 0.25) is 5.91 Å². The fraction of sp³-hybridized carbons (Fsp3) is 0.667. The summed E-state index contributed by atoms with van der Waals surface area (Å²) in [5.74, 6) is 1.48. The van der Waals surface area contributed by atoms with Crippen LogP contribution in [0.1, 0.15) is 31.9 Å². The molecule has 0 spiro atoms. The van der Waals surface area contributed by atoms with Gasteiger partial charge in [-0.05, 0) is 57.3 Å². The topological polar surface area (TPSA) is 71.5 Å². The summed E-state index contributed by atoms with van der Waals surface area (Å²) in [7, 11) is 0. The third-order valence-electron chi connectivity index (χ3n) is 4.07. The minimum absolute atomic E-state index is 0.0646. The number of likely N-dealkylation sites (tertiary alicyclic amines) is 1. The number of piperidine rings is 1. The van der Waals surface area contributed by atoms with E-state index in [0.717, 1.165) is 38.2 Å². The maximum Gasteiger partial charge on any atom is 0.237 e. The van der Waals surface area contributed by atoms with E-state index in [2.05, 4.69) is 10.2 Å². The summed E-state index contributed by atoms with van der Waals surface area (Å²) in [6.45, 7) is 5.14. The Labute approximate surface area is 120 Å². The molecule has 2 atom stereocenters. The summed E-state index contributed by atoms with van der Waals surface area (Å²) in [5.41, 5.74) is 5.63. The highest BCUT2D eigenvalue weighted by Gasteiger charge is 2.26. The first-order valence-corrected chi connectivity index (χ1v) is 7.45. The molecule has 2 heterocycles. The van der Waals surface area contributed by atoms with Crippen LogP contribution in [0.25, 0.3) is 0 Å². The molecule has 20 heavy (non-hydrogen) atoms. The van der Waals surface area contributed by atoms with Crippen molar-refractivity contribution in [1.29, 1.82) is 0 Å². The number of amides is 1. The van der Waals surface area contributed by atoms with E-state index in [9.17, 15) is 4.79 Å². The zero-order valence-electron chi connectivity index (χ0n) is 12.2. The molecule has 0 aromatic carbocycles. The van der Waals surface area contributed by atoms with Crippen LogP contribution in [0.2, 0.25) is 0 Å². The summed E-state index contributed by atoms with van der Waals surface area (Å²) in [4.78, 5) is 14.4. The molecule has 0 aliphatic carbocycles. The first-order valence-electron chi connectivity index (χ1n) is 7.45. The molecule has 1 aromatic heterocycles. The molecule has 2 unspecified atom stereocenters. The van der Waals surface area contributed by atoms with Gasteiger partial charge in [0.25, 0.3) is 0 Å². The van der Waals surface area contributed by atoms with Gasteiger partial charge in [-0.15, -0.1) is 0 Å². The lowest BCUT2D eigenvalue weighted by molar-refractivity contribution is -0.126. The Morgan fingerprint density at radius 1 is 1.65 bits per heavy atom. The number of furan rings is 1. The van der Waals surface area contributed by atoms with E-state index < -0.39 is 0 Å². The van der Waals surface area contributed by atoms with Gasteiger partial charge < -0.3 is 15.5 Å². The van der Waals surface area contributed by atoms with Gasteiger partial charge in [0.05, 0.1) is 18.8 Å². The number of carbonyl (C=O) groups is 1. The van der Waals surface area contributed by atoms with E-state index in [1.165, 1.54) is 6.42 Å². The van der Waals surface area contributed by atoms with Gasteiger partial charge in [-0.25, -0.2) is 0 Å². The van der Waals surface area contributed by atoms with Crippen LogP contribution in [-0.2, 0) is 11.3 Å². The lowest BCUT2D eigenvalue weighted by atomic mass is 9.94. The minimum Gasteiger partial charge on any atom is -0.467 e. The largest absolute Gasteiger partial charge is 0.467 e. The summed E-state index contributed by atoms with van der Waals surface area (Å²) >= 11 is 0. The van der Waals surface area contributed by atoms with Crippen molar-refractivity contribution >= 4 is 5.91 Å². The number of carbonyl (C=O) groups excluding carboxylic acids is 1. The van der Waals surface area contributed by atoms with Crippen molar-refractivity contribution in [3.05, 3.63) is 24.2 Å². The van der Waals surface area contributed by atoms with Gasteiger partial charge in [0.1, 0.15) is 5.76 Å². The maximum absolute atomic E-state index is 12.2. The molecule has 1 aliphatic rings. The normalized spacial score (nSPS) is 21.6. The Morgan fingerprint density at radius 3 is 3.20 bits per heavy atom. The van der Waals surface area contributed by atoms with Crippen molar-refractivity contribution in [3.63, 3.8) is 0 Å². The molecule has 1 aliphatic heterocycles. The molecule has 0 radical (unpaired) electrons. The van der Waals surface area contributed by atoms with E-state index in [1.807, 2.05) is 19.1 Å². The van der Waals surface area contributed by atoms with Gasteiger partial charge in [-0.1, -0.05) is 0 Å².